The molecule has 0 aromatic heterocycles. The zero-order valence-corrected chi connectivity index (χ0v) is 12.7. The van der Waals surface area contributed by atoms with Gasteiger partial charge < -0.3 is 9.84 Å². The lowest BCUT2D eigenvalue weighted by Crippen LogP contribution is -2.47. The summed E-state index contributed by atoms with van der Waals surface area (Å²) >= 11 is 0. The summed E-state index contributed by atoms with van der Waals surface area (Å²) in [6, 6.07) is 8.77. The van der Waals surface area contributed by atoms with Crippen molar-refractivity contribution in [3.63, 3.8) is 0 Å². The number of Topliss-reactive ketones (excluding diaryl/α,β-unsaturated/α-hetero) is 1. The molecule has 2 saturated heterocycles. The first-order valence-corrected chi connectivity index (χ1v) is 8.10. The smallest absolute Gasteiger partial charge is 0.238 e. The summed E-state index contributed by atoms with van der Waals surface area (Å²) < 4.78 is 5.27. The molecule has 3 fully saturated rings. The predicted octanol–water partition coefficient (Wildman–Crippen LogP) is 0.449. The second-order valence-corrected chi connectivity index (χ2v) is 6.78. The van der Waals surface area contributed by atoms with Gasteiger partial charge in [-0.05, 0) is 18.6 Å². The molecule has 24 heavy (non-hydrogen) atoms. The van der Waals surface area contributed by atoms with Crippen molar-refractivity contribution in [2.45, 2.75) is 24.7 Å². The highest BCUT2D eigenvalue weighted by atomic mass is 16.6. The second kappa shape index (κ2) is 4.62. The molecular weight excluding hydrogens is 310 g/mol. The summed E-state index contributed by atoms with van der Waals surface area (Å²) in [5.74, 6) is -2.61. The first kappa shape index (κ1) is 14.1. The minimum Gasteiger partial charge on any atom is -0.390 e. The van der Waals surface area contributed by atoms with Crippen molar-refractivity contribution in [3.8, 4) is 0 Å². The Morgan fingerprint density at radius 3 is 2.54 bits per heavy atom. The van der Waals surface area contributed by atoms with E-state index in [9.17, 15) is 19.5 Å². The van der Waals surface area contributed by atoms with E-state index in [4.69, 9.17) is 4.74 Å². The molecular formula is C18H15NO5. The Hall–Kier alpha value is -2.31. The molecule has 2 heterocycles. The van der Waals surface area contributed by atoms with Gasteiger partial charge >= 0.3 is 0 Å². The number of ether oxygens (including phenoxy) is 1. The quantitative estimate of drug-likeness (QED) is 0.598. The van der Waals surface area contributed by atoms with Gasteiger partial charge in [0.05, 0.1) is 23.6 Å². The van der Waals surface area contributed by atoms with Crippen molar-refractivity contribution in [3.05, 3.63) is 42.0 Å². The third-order valence-electron chi connectivity index (χ3n) is 5.60. The normalized spacial score (nSPS) is 40.0. The number of anilines is 1. The molecule has 6 atom stereocenters. The number of carbonyl (C=O) groups excluding carboxylic acids is 3. The number of para-hydroxylation sites is 1. The number of imide groups is 1. The Morgan fingerprint density at radius 2 is 1.79 bits per heavy atom. The van der Waals surface area contributed by atoms with E-state index in [0.29, 0.717) is 17.7 Å². The van der Waals surface area contributed by atoms with Crippen LogP contribution in [0.25, 0.3) is 0 Å². The minimum atomic E-state index is -0.917. The molecule has 0 bridgehead atoms. The maximum atomic E-state index is 13.0. The third-order valence-corrected chi connectivity index (χ3v) is 5.60. The van der Waals surface area contributed by atoms with E-state index in [0.717, 1.165) is 0 Å². The fourth-order valence-corrected chi connectivity index (χ4v) is 4.44. The summed E-state index contributed by atoms with van der Waals surface area (Å²) in [5, 5.41) is 10.5. The first-order valence-electron chi connectivity index (χ1n) is 8.10. The fourth-order valence-electron chi connectivity index (χ4n) is 4.44. The van der Waals surface area contributed by atoms with E-state index in [1.807, 2.05) is 6.07 Å². The topological polar surface area (TPSA) is 87.2 Å². The van der Waals surface area contributed by atoms with Crippen LogP contribution in [0.1, 0.15) is 6.42 Å². The Balaban J connectivity index is 1.57. The minimum absolute atomic E-state index is 0.146. The number of amides is 2. The maximum Gasteiger partial charge on any atom is 0.238 e. The number of rotatable bonds is 1. The van der Waals surface area contributed by atoms with Gasteiger partial charge in [-0.15, -0.1) is 0 Å². The van der Waals surface area contributed by atoms with Crippen molar-refractivity contribution in [1.29, 1.82) is 0 Å². The molecule has 1 saturated carbocycles. The number of nitrogens with zero attached hydrogens (tertiary/aromatic N) is 1. The number of hydrogen-bond acceptors (Lipinski definition) is 5. The summed E-state index contributed by atoms with van der Waals surface area (Å²) in [5.41, 5.74) is 0.985. The number of allylic oxidation sites excluding steroid dienone is 1. The molecule has 0 radical (unpaired) electrons. The van der Waals surface area contributed by atoms with Gasteiger partial charge in [0, 0.05) is 11.5 Å². The van der Waals surface area contributed by atoms with Crippen LogP contribution < -0.4 is 4.90 Å². The molecule has 6 heteroatoms. The van der Waals surface area contributed by atoms with Crippen LogP contribution in [0.3, 0.4) is 0 Å². The Morgan fingerprint density at radius 1 is 1.04 bits per heavy atom. The molecule has 0 unspecified atom stereocenters. The van der Waals surface area contributed by atoms with Crippen LogP contribution in [0.4, 0.5) is 5.69 Å². The van der Waals surface area contributed by atoms with Crippen molar-refractivity contribution in [1.82, 2.24) is 0 Å². The number of aliphatic hydroxyl groups is 1. The van der Waals surface area contributed by atoms with E-state index in [1.165, 1.54) is 4.90 Å². The van der Waals surface area contributed by atoms with Crippen LogP contribution in [-0.2, 0) is 19.1 Å². The van der Waals surface area contributed by atoms with Gasteiger partial charge in [-0.2, -0.15) is 0 Å². The molecule has 1 N–H and O–H groups in total. The molecule has 2 aliphatic carbocycles. The molecule has 1 aromatic carbocycles. The molecule has 122 valence electrons. The van der Waals surface area contributed by atoms with Crippen molar-refractivity contribution < 1.29 is 24.2 Å². The average Bonchev–Trinajstić information content (AvgIpc) is 3.36. The van der Waals surface area contributed by atoms with Crippen LogP contribution >= 0.6 is 0 Å². The number of epoxide rings is 1. The van der Waals surface area contributed by atoms with Gasteiger partial charge in [0.1, 0.15) is 12.2 Å². The highest BCUT2D eigenvalue weighted by Gasteiger charge is 2.65. The Kier molecular flexibility index (Phi) is 2.71. The van der Waals surface area contributed by atoms with Gasteiger partial charge in [0.15, 0.2) is 5.78 Å². The highest BCUT2D eigenvalue weighted by molar-refractivity contribution is 6.23. The summed E-state index contributed by atoms with van der Waals surface area (Å²) in [6.07, 6.45) is 0.0395. The second-order valence-electron chi connectivity index (χ2n) is 6.78. The Labute approximate surface area is 137 Å². The Bertz CT molecular complexity index is 801. The van der Waals surface area contributed by atoms with Gasteiger partial charge in [0.2, 0.25) is 11.8 Å². The lowest BCUT2D eigenvalue weighted by Gasteiger charge is -2.35. The summed E-state index contributed by atoms with van der Waals surface area (Å²) in [6.45, 7) is 0. The predicted molar refractivity (Wildman–Crippen MR) is 81.8 cm³/mol. The van der Waals surface area contributed by atoms with Crippen LogP contribution in [0, 0.1) is 17.8 Å². The van der Waals surface area contributed by atoms with Crippen LogP contribution in [0.5, 0.6) is 0 Å². The van der Waals surface area contributed by atoms with E-state index >= 15 is 0 Å². The number of benzene rings is 1. The molecule has 5 rings (SSSR count). The summed E-state index contributed by atoms with van der Waals surface area (Å²) in [4.78, 5) is 39.3. The third kappa shape index (κ3) is 1.64. The number of hydrogen-bond donors (Lipinski definition) is 1. The van der Waals surface area contributed by atoms with E-state index in [2.05, 4.69) is 0 Å². The SMILES string of the molecule is O=C1C2=CC[C@H]3C(=O)N(c4ccccc4)C(=O)[C@H]3[C@H]2[C@H](O)[C@@H]2O[C@H]12. The van der Waals surface area contributed by atoms with Crippen molar-refractivity contribution in [2.24, 2.45) is 17.8 Å². The molecule has 6 nitrogen and oxygen atoms in total. The van der Waals surface area contributed by atoms with E-state index in [-0.39, 0.29) is 17.6 Å². The number of ketones is 1. The first-order chi connectivity index (χ1) is 11.6. The molecule has 1 aromatic rings. The lowest BCUT2D eigenvalue weighted by atomic mass is 9.66. The van der Waals surface area contributed by atoms with Crippen LogP contribution in [-0.4, -0.2) is 41.0 Å². The zero-order chi connectivity index (χ0) is 16.6. The number of aliphatic hydroxyl groups excluding tert-OH is 1. The van der Waals surface area contributed by atoms with Gasteiger partial charge in [-0.3, -0.25) is 19.3 Å². The molecule has 2 amide bonds. The number of carbonyl (C=O) groups is 3. The summed E-state index contributed by atoms with van der Waals surface area (Å²) in [7, 11) is 0. The molecule has 2 aliphatic heterocycles. The van der Waals surface area contributed by atoms with Crippen molar-refractivity contribution >= 4 is 23.3 Å². The fraction of sp³-hybridized carbons (Fsp3) is 0.389. The van der Waals surface area contributed by atoms with Crippen LogP contribution in [0.15, 0.2) is 42.0 Å². The van der Waals surface area contributed by atoms with Gasteiger partial charge in [-0.25, -0.2) is 0 Å². The average molecular weight is 325 g/mol. The lowest BCUT2D eigenvalue weighted by molar-refractivity contribution is -0.126. The zero-order valence-electron chi connectivity index (χ0n) is 12.7. The monoisotopic (exact) mass is 325 g/mol. The van der Waals surface area contributed by atoms with E-state index in [1.54, 1.807) is 30.3 Å². The van der Waals surface area contributed by atoms with Crippen molar-refractivity contribution in [2.75, 3.05) is 4.90 Å². The number of fused-ring (bicyclic) bond motifs is 4. The largest absolute Gasteiger partial charge is 0.390 e. The maximum absolute atomic E-state index is 13.0. The standard InChI is InChI=1S/C18H15NO5/c20-13-9-6-7-10-12(11(9)14(21)16-15(13)24-16)18(23)19(17(10)22)8-4-2-1-3-5-8/h1-6,10-12,14-16,21H,7H2/t10-,11+,12-,14+,15-,16+/m1/s1. The molecule has 0 spiro atoms. The van der Waals surface area contributed by atoms with Crippen LogP contribution in [0.2, 0.25) is 0 Å². The highest BCUT2D eigenvalue weighted by Crippen LogP contribution is 2.51. The van der Waals surface area contributed by atoms with E-state index < -0.39 is 36.1 Å². The molecule has 4 aliphatic rings. The van der Waals surface area contributed by atoms with Gasteiger partial charge in [0.25, 0.3) is 0 Å². The van der Waals surface area contributed by atoms with Gasteiger partial charge in [-0.1, -0.05) is 24.3 Å².